The highest BCUT2D eigenvalue weighted by Crippen LogP contribution is 2.28. The van der Waals surface area contributed by atoms with Gasteiger partial charge in [-0.05, 0) is 73.9 Å². The summed E-state index contributed by atoms with van der Waals surface area (Å²) in [6.07, 6.45) is 77.6. The first kappa shape index (κ1) is 104. The van der Waals surface area contributed by atoms with Gasteiger partial charge in [-0.3, -0.25) is 14.4 Å². The molecule has 564 valence electrons. The highest BCUT2D eigenvalue weighted by Gasteiger charge is 2.05. The molecule has 0 aliphatic rings. The quantitative estimate of drug-likeness (QED) is 0.0119. The van der Waals surface area contributed by atoms with Crippen LogP contribution in [0.5, 0.6) is 0 Å². The molecule has 0 aliphatic heterocycles. The lowest BCUT2D eigenvalue weighted by Crippen LogP contribution is -2.05. The molecular weight excluding hydrogens is 1290 g/mol. The molecule has 0 aromatic carbocycles. The van der Waals surface area contributed by atoms with E-state index >= 15 is 0 Å². The van der Waals surface area contributed by atoms with E-state index in [4.69, 9.17) is 58.3 Å². The fourth-order valence-corrected chi connectivity index (χ4v) is 10.3. The van der Waals surface area contributed by atoms with Gasteiger partial charge in [-0.1, -0.05) is 369 Å². The number of hydrogen-bond donors (Lipinski definition) is 9. The Kier molecular flexibility index (Phi) is 98.5. The molecule has 0 aromatic rings. The second kappa shape index (κ2) is 88.1. The second-order valence-electron chi connectivity index (χ2n) is 25.5. The maximum absolute atomic E-state index is 11.5. The molecular formula is C72H153O15P3S3. The average molecular weight is 1450 g/mol. The molecule has 93 heavy (non-hydrogen) atoms. The maximum Gasteiger partial charge on any atom is 0.319 e. The van der Waals surface area contributed by atoms with Gasteiger partial charge < -0.3 is 58.3 Å². The average Bonchev–Trinajstić information content (AvgIpc) is 3.52. The van der Waals surface area contributed by atoms with E-state index in [1.165, 1.54) is 289 Å². The van der Waals surface area contributed by atoms with E-state index < -0.39 is 20.2 Å². The molecule has 0 radical (unpaired) electrons. The Bertz CT molecular complexity index is 1400. The van der Waals surface area contributed by atoms with E-state index in [-0.39, 0.29) is 17.9 Å². The molecule has 0 aromatic heterocycles. The molecule has 21 heteroatoms. The molecule has 0 unspecified atom stereocenters. The van der Waals surface area contributed by atoms with Crippen molar-refractivity contribution < 1.29 is 72.6 Å². The smallest absolute Gasteiger partial charge is 0.319 e. The van der Waals surface area contributed by atoms with Crippen molar-refractivity contribution in [2.75, 3.05) is 19.8 Å². The van der Waals surface area contributed by atoms with Gasteiger partial charge in [-0.25, -0.2) is 0 Å². The topological polar surface area (TPSA) is 261 Å². The van der Waals surface area contributed by atoms with E-state index in [9.17, 15) is 14.4 Å². The molecule has 0 heterocycles. The van der Waals surface area contributed by atoms with Crippen LogP contribution in [0.1, 0.15) is 427 Å². The predicted octanol–water partition coefficient (Wildman–Crippen LogP) is 22.7. The summed E-state index contributed by atoms with van der Waals surface area (Å²) < 4.78 is 15.8. The number of esters is 3. The lowest BCUT2D eigenvalue weighted by Gasteiger charge is -2.05. The Labute approximate surface area is 589 Å². The van der Waals surface area contributed by atoms with E-state index in [0.717, 1.165) is 77.0 Å². The summed E-state index contributed by atoms with van der Waals surface area (Å²) >= 11 is 10.8. The Morgan fingerprint density at radius 2 is 0.301 bits per heavy atom. The summed E-state index contributed by atoms with van der Waals surface area (Å²) in [4.78, 5) is 102. The van der Waals surface area contributed by atoms with Crippen LogP contribution in [0.15, 0.2) is 0 Å². The van der Waals surface area contributed by atoms with E-state index in [0.29, 0.717) is 39.1 Å². The minimum Gasteiger partial charge on any atom is -0.466 e. The standard InChI is InChI=1S/3C24H48O2.3H3O3PS/c3*1-3-5-7-8-9-10-11-12-13-14-15-16-17-18-19-21-23-26-24(25)22-20-6-4-2;3*1-4(2,3)5/h3*3-23H2,1-2H3;3*(H3,1,2,3,5). The number of carbonyl (C=O) groups excluding carboxylic acids is 3. The van der Waals surface area contributed by atoms with Gasteiger partial charge in [0.25, 0.3) is 0 Å². The molecule has 15 nitrogen and oxygen atoms in total. The van der Waals surface area contributed by atoms with Crippen LogP contribution in [0, 0.1) is 0 Å². The number of carbonyl (C=O) groups is 3. The minimum absolute atomic E-state index is 0.000547. The first-order chi connectivity index (χ1) is 44.4. The Morgan fingerprint density at radius 1 is 0.204 bits per heavy atom. The Balaban J connectivity index is -0.000000273. The van der Waals surface area contributed by atoms with E-state index in [1.54, 1.807) is 0 Å². The summed E-state index contributed by atoms with van der Waals surface area (Å²) in [5, 5.41) is 0. The summed E-state index contributed by atoms with van der Waals surface area (Å²) in [6, 6.07) is 0. The molecule has 0 saturated carbocycles. The van der Waals surface area contributed by atoms with Gasteiger partial charge >= 0.3 is 38.1 Å². The lowest BCUT2D eigenvalue weighted by molar-refractivity contribution is -0.144. The molecule has 0 saturated heterocycles. The van der Waals surface area contributed by atoms with Gasteiger partial charge in [0, 0.05) is 19.3 Å². The molecule has 0 rings (SSSR count). The summed E-state index contributed by atoms with van der Waals surface area (Å²) in [7, 11) is 0. The van der Waals surface area contributed by atoms with Gasteiger partial charge in [-0.15, -0.1) is 0 Å². The Morgan fingerprint density at radius 3 is 0.419 bits per heavy atom. The summed E-state index contributed by atoms with van der Waals surface area (Å²) in [5.41, 5.74) is 0. The highest BCUT2D eigenvalue weighted by molar-refractivity contribution is 8.06. The van der Waals surface area contributed by atoms with Crippen molar-refractivity contribution in [3.63, 3.8) is 0 Å². The predicted molar refractivity (Wildman–Crippen MR) is 407 cm³/mol. The monoisotopic (exact) mass is 1450 g/mol. The van der Waals surface area contributed by atoms with Crippen LogP contribution in [-0.2, 0) is 64.0 Å². The number of hydrogen-bond acceptors (Lipinski definition) is 9. The second-order valence-corrected chi connectivity index (χ2v) is 33.0. The Hall–Kier alpha value is -0.000000000000000527. The number of ether oxygens (including phenoxy) is 3. The fourth-order valence-electron chi connectivity index (χ4n) is 10.3. The van der Waals surface area contributed by atoms with E-state index in [1.807, 2.05) is 0 Å². The largest absolute Gasteiger partial charge is 0.466 e. The third-order valence-corrected chi connectivity index (χ3v) is 15.7. The molecule has 0 atom stereocenters. The van der Waals surface area contributed by atoms with Crippen LogP contribution >= 0.6 is 20.2 Å². The number of rotatable bonds is 63. The van der Waals surface area contributed by atoms with Crippen molar-refractivity contribution in [1.29, 1.82) is 0 Å². The van der Waals surface area contributed by atoms with Crippen LogP contribution in [0.2, 0.25) is 0 Å². The van der Waals surface area contributed by atoms with Crippen molar-refractivity contribution in [2.24, 2.45) is 0 Å². The van der Waals surface area contributed by atoms with Crippen LogP contribution in [0.3, 0.4) is 0 Å². The zero-order valence-corrected chi connectivity index (χ0v) is 66.2. The minimum atomic E-state index is -3.81. The lowest BCUT2D eigenvalue weighted by atomic mass is 10.0. The van der Waals surface area contributed by atoms with Crippen molar-refractivity contribution in [3.8, 4) is 0 Å². The summed E-state index contributed by atoms with van der Waals surface area (Å²) in [6.45, 7) is 3.79. The molecule has 9 N–H and O–H groups in total. The van der Waals surface area contributed by atoms with Crippen LogP contribution < -0.4 is 0 Å². The zero-order chi connectivity index (χ0) is 70.9. The third-order valence-electron chi connectivity index (χ3n) is 15.7. The molecule has 0 aliphatic carbocycles. The van der Waals surface area contributed by atoms with Crippen molar-refractivity contribution in [3.05, 3.63) is 0 Å². The normalized spacial score (nSPS) is 11.1. The number of unbranched alkanes of at least 4 members (excludes halogenated alkanes) is 51. The third kappa shape index (κ3) is 144. The van der Waals surface area contributed by atoms with Gasteiger partial charge in [0.05, 0.1) is 19.8 Å². The van der Waals surface area contributed by atoms with Crippen LogP contribution in [-0.4, -0.2) is 81.8 Å². The van der Waals surface area contributed by atoms with Crippen molar-refractivity contribution in [1.82, 2.24) is 0 Å². The van der Waals surface area contributed by atoms with Gasteiger partial charge in [0.15, 0.2) is 0 Å². The van der Waals surface area contributed by atoms with Crippen LogP contribution in [0.25, 0.3) is 0 Å². The van der Waals surface area contributed by atoms with Gasteiger partial charge in [0.1, 0.15) is 0 Å². The zero-order valence-electron chi connectivity index (χ0n) is 61.1. The molecule has 0 spiro atoms. The van der Waals surface area contributed by atoms with Crippen molar-refractivity contribution in [2.45, 2.75) is 427 Å². The molecule has 0 fully saturated rings. The first-order valence-electron chi connectivity index (χ1n) is 38.2. The maximum atomic E-state index is 11.5. The van der Waals surface area contributed by atoms with Gasteiger partial charge in [-0.2, -0.15) is 0 Å². The molecule has 0 bridgehead atoms. The first-order valence-corrected chi connectivity index (χ1v) is 46.2. The molecule has 0 amide bonds. The van der Waals surface area contributed by atoms with Crippen molar-refractivity contribution >= 4 is 73.5 Å². The van der Waals surface area contributed by atoms with E-state index in [2.05, 4.69) is 77.0 Å². The highest BCUT2D eigenvalue weighted by atomic mass is 32.5. The fraction of sp³-hybridized carbons (Fsp3) is 0.958. The van der Waals surface area contributed by atoms with Crippen LogP contribution in [0.4, 0.5) is 0 Å². The SMILES string of the molecule is CCCCCCCCCCCCCCCCCCOC(=O)CCCCC.CCCCCCCCCCCCCCCCCCOC(=O)CCCCC.CCCCCCCCCCCCCCCCCCOC(=O)CCCCC.OP(O)(O)=S.OP(O)(O)=S.OP(O)(O)=S. The van der Waals surface area contributed by atoms with Gasteiger partial charge in [0.2, 0.25) is 0 Å². The summed E-state index contributed by atoms with van der Waals surface area (Å²) in [5.74, 6) is -0.00164.